The van der Waals surface area contributed by atoms with Crippen LogP contribution in [0.15, 0.2) is 49.6 Å². The highest BCUT2D eigenvalue weighted by Gasteiger charge is 2.62. The predicted octanol–water partition coefficient (Wildman–Crippen LogP) is 4.27. The molecule has 1 aromatic rings. The Morgan fingerprint density at radius 1 is 0.929 bits per heavy atom. The van der Waals surface area contributed by atoms with Crippen LogP contribution in [0.25, 0.3) is 0 Å². The number of β-amino-alcohol motifs (C(OH)–C–C–N with tert-alkyl or cyclic N) is 1. The van der Waals surface area contributed by atoms with Crippen LogP contribution in [0.2, 0.25) is 0 Å². The molecular formula is C40H53N3O13. The van der Waals surface area contributed by atoms with Crippen molar-refractivity contribution in [1.29, 1.82) is 0 Å². The molecule has 4 fully saturated rings. The molecule has 4 aliphatic rings. The molecule has 8 atom stereocenters. The molecule has 2 heterocycles. The lowest BCUT2D eigenvalue weighted by Gasteiger charge is -2.28. The summed E-state index contributed by atoms with van der Waals surface area (Å²) in [6.07, 6.45) is 2.97. The number of ketones is 2. The number of ether oxygens (including phenoxy) is 4. The van der Waals surface area contributed by atoms with Crippen molar-refractivity contribution in [3.63, 3.8) is 0 Å². The Balaban J connectivity index is 0.000000251. The van der Waals surface area contributed by atoms with Crippen LogP contribution >= 0.6 is 0 Å². The van der Waals surface area contributed by atoms with Crippen LogP contribution in [0.1, 0.15) is 83.5 Å². The van der Waals surface area contributed by atoms with Gasteiger partial charge in [-0.1, -0.05) is 12.2 Å². The zero-order chi connectivity index (χ0) is 41.6. The van der Waals surface area contributed by atoms with E-state index < -0.39 is 63.7 Å². The number of nitrogens with zero attached hydrogens (tertiary/aromatic N) is 2. The Bertz CT molecular complexity index is 1710. The van der Waals surface area contributed by atoms with Crippen molar-refractivity contribution in [2.75, 3.05) is 26.3 Å². The summed E-state index contributed by atoms with van der Waals surface area (Å²) in [4.78, 5) is 86.4. The second kappa shape index (κ2) is 17.9. The molecule has 0 aromatic heterocycles. The highest BCUT2D eigenvalue weighted by atomic mass is 16.6. The Morgan fingerprint density at radius 3 is 1.93 bits per heavy atom. The number of Topliss-reactive ketones (excluding diaryl/α,β-unsaturated/α-hetero) is 2. The van der Waals surface area contributed by atoms with Crippen LogP contribution < -0.4 is 5.32 Å². The van der Waals surface area contributed by atoms with Crippen molar-refractivity contribution in [2.45, 2.75) is 103 Å². The highest BCUT2D eigenvalue weighted by Crippen LogP contribution is 2.58. The van der Waals surface area contributed by atoms with E-state index in [1.807, 2.05) is 0 Å². The maximum atomic E-state index is 12.9. The number of allylic oxidation sites excluding steroid dienone is 2. The molecule has 16 heteroatoms. The lowest BCUT2D eigenvalue weighted by molar-refractivity contribution is -0.384. The number of aliphatic hydroxyl groups excluding tert-OH is 1. The second-order valence-corrected chi connectivity index (χ2v) is 15.7. The first kappa shape index (κ1) is 43.8. The molecule has 306 valence electrons. The van der Waals surface area contributed by atoms with Crippen LogP contribution in [0.3, 0.4) is 0 Å². The monoisotopic (exact) mass is 783 g/mol. The number of likely N-dealkylation sites (tertiary alicyclic amines) is 1. The number of nitro groups is 1. The number of nitrogens with one attached hydrogen (secondary N) is 1. The van der Waals surface area contributed by atoms with Crippen molar-refractivity contribution in [3.8, 4) is 0 Å². The number of nitro benzene ring substituents is 1. The number of benzene rings is 1. The van der Waals surface area contributed by atoms with Gasteiger partial charge in [-0.25, -0.2) is 9.59 Å². The van der Waals surface area contributed by atoms with Gasteiger partial charge in [-0.2, -0.15) is 0 Å². The maximum absolute atomic E-state index is 12.9. The number of carbonyl (C=O) groups excluding carboxylic acids is 6. The topological polar surface area (TPSA) is 218 Å². The molecule has 5 rings (SSSR count). The number of hydrogen-bond acceptors (Lipinski definition) is 14. The van der Waals surface area contributed by atoms with Gasteiger partial charge < -0.3 is 29.4 Å². The molecular weight excluding hydrogens is 730 g/mol. The third-order valence-corrected chi connectivity index (χ3v) is 10.5. The molecule has 2 saturated heterocycles. The average Bonchev–Trinajstić information content (AvgIpc) is 3.91. The minimum absolute atomic E-state index is 0.0286. The summed E-state index contributed by atoms with van der Waals surface area (Å²) >= 11 is 0. The molecule has 0 spiro atoms. The van der Waals surface area contributed by atoms with E-state index in [0.717, 1.165) is 0 Å². The van der Waals surface area contributed by atoms with Crippen LogP contribution in [0, 0.1) is 32.8 Å². The van der Waals surface area contributed by atoms with Gasteiger partial charge in [-0.05, 0) is 71.4 Å². The fraction of sp³-hybridized carbons (Fsp3) is 0.600. The van der Waals surface area contributed by atoms with Crippen LogP contribution in [-0.4, -0.2) is 107 Å². The Hall–Kier alpha value is -4.96. The number of rotatable bonds is 15. The smallest absolute Gasteiger partial charge is 0.410 e. The first-order chi connectivity index (χ1) is 26.3. The van der Waals surface area contributed by atoms with Gasteiger partial charge in [0.1, 0.15) is 11.7 Å². The number of non-ortho nitro benzene ring substituents is 1. The van der Waals surface area contributed by atoms with Gasteiger partial charge in [0.15, 0.2) is 11.6 Å². The van der Waals surface area contributed by atoms with Gasteiger partial charge in [0, 0.05) is 44.4 Å². The molecule has 0 radical (unpaired) electrons. The molecule has 2 saturated carbocycles. The summed E-state index contributed by atoms with van der Waals surface area (Å²) in [6, 6.07) is 3.81. The van der Waals surface area contributed by atoms with Crippen molar-refractivity contribution >= 4 is 41.3 Å². The van der Waals surface area contributed by atoms with Gasteiger partial charge >= 0.3 is 24.0 Å². The van der Waals surface area contributed by atoms with Gasteiger partial charge in [0.2, 0.25) is 0 Å². The molecule has 2 aliphatic carbocycles. The van der Waals surface area contributed by atoms with Crippen molar-refractivity contribution < 1.29 is 57.7 Å². The zero-order valence-corrected chi connectivity index (χ0v) is 32.7. The normalized spacial score (nSPS) is 28.8. The predicted molar refractivity (Wildman–Crippen MR) is 200 cm³/mol. The van der Waals surface area contributed by atoms with E-state index in [0.29, 0.717) is 25.8 Å². The Kier molecular flexibility index (Phi) is 14.0. The van der Waals surface area contributed by atoms with E-state index in [9.17, 15) is 44.0 Å². The van der Waals surface area contributed by atoms with Crippen molar-refractivity contribution in [2.24, 2.45) is 22.7 Å². The van der Waals surface area contributed by atoms with Crippen LogP contribution in [0.4, 0.5) is 10.5 Å². The van der Waals surface area contributed by atoms with E-state index in [1.54, 1.807) is 46.8 Å². The quantitative estimate of drug-likeness (QED) is 0.0835. The first-order valence-electron chi connectivity index (χ1n) is 18.9. The molecule has 2 aliphatic heterocycles. The number of esters is 3. The number of hydrogen-bond donors (Lipinski definition) is 2. The molecule has 2 N–H and O–H groups in total. The van der Waals surface area contributed by atoms with E-state index in [-0.39, 0.29) is 79.6 Å². The first-order valence-corrected chi connectivity index (χ1v) is 18.9. The van der Waals surface area contributed by atoms with E-state index >= 15 is 0 Å². The SMILES string of the molecule is C=C[C@@H]1C[C@]1(CC(=O)[C@@H]1C[C@@H](O)CN1C(=O)OC(C)(C)C)C(=O)OCC.C=C[C@@H]1C[C@]1(CC(=O)[C@@H]1C[C@H](OC(=O)c2ccc([N+](=O)[O-])cc2)CN1)C(=O)OCC. The third-order valence-electron chi connectivity index (χ3n) is 10.5. The van der Waals surface area contributed by atoms with E-state index in [1.165, 1.54) is 29.2 Å². The molecule has 16 nitrogen and oxygen atoms in total. The largest absolute Gasteiger partial charge is 0.466 e. The molecule has 1 aromatic carbocycles. The number of carbonyl (C=O) groups is 6. The Morgan fingerprint density at radius 2 is 1.46 bits per heavy atom. The molecule has 1 amide bonds. The van der Waals surface area contributed by atoms with Gasteiger partial charge in [0.05, 0.1) is 59.3 Å². The second-order valence-electron chi connectivity index (χ2n) is 15.7. The zero-order valence-electron chi connectivity index (χ0n) is 32.7. The van der Waals surface area contributed by atoms with Crippen molar-refractivity contribution in [3.05, 3.63) is 65.3 Å². The number of amides is 1. The fourth-order valence-electron chi connectivity index (χ4n) is 7.34. The summed E-state index contributed by atoms with van der Waals surface area (Å²) in [5, 5.41) is 23.7. The summed E-state index contributed by atoms with van der Waals surface area (Å²) in [6.45, 7) is 16.9. The van der Waals surface area contributed by atoms with Gasteiger partial charge in [-0.15, -0.1) is 13.2 Å². The lowest BCUT2D eigenvalue weighted by Crippen LogP contribution is -2.44. The highest BCUT2D eigenvalue weighted by molar-refractivity contribution is 5.95. The van der Waals surface area contributed by atoms with E-state index in [4.69, 9.17) is 18.9 Å². The van der Waals surface area contributed by atoms with Gasteiger partial charge in [0.25, 0.3) is 5.69 Å². The van der Waals surface area contributed by atoms with Crippen LogP contribution in [-0.2, 0) is 38.1 Å². The summed E-state index contributed by atoms with van der Waals surface area (Å²) in [7, 11) is 0. The number of aliphatic hydroxyl groups is 1. The maximum Gasteiger partial charge on any atom is 0.410 e. The lowest BCUT2D eigenvalue weighted by atomic mass is 9.92. The molecule has 56 heavy (non-hydrogen) atoms. The average molecular weight is 784 g/mol. The summed E-state index contributed by atoms with van der Waals surface area (Å²) in [5.41, 5.74) is -2.34. The molecule has 0 bridgehead atoms. The van der Waals surface area contributed by atoms with Gasteiger partial charge in [-0.3, -0.25) is 34.2 Å². The third kappa shape index (κ3) is 10.3. The minimum Gasteiger partial charge on any atom is -0.466 e. The minimum atomic E-state index is -0.887. The summed E-state index contributed by atoms with van der Waals surface area (Å²) < 4.78 is 21.0. The summed E-state index contributed by atoms with van der Waals surface area (Å²) in [5.74, 6) is -1.94. The van der Waals surface area contributed by atoms with Crippen molar-refractivity contribution in [1.82, 2.24) is 10.2 Å². The Labute approximate surface area is 326 Å². The molecule has 0 unspecified atom stereocenters. The van der Waals surface area contributed by atoms with E-state index in [2.05, 4.69) is 18.5 Å². The standard InChI is InChI=1S/C21H24N2O7.C19H29NO6/c1-3-14-10-21(14,20(26)29-4-2)11-18(24)17-9-16(12-22-17)30-19(25)13-5-7-15(8-6-13)23(27)28;1-6-12-9-19(12,16(23)25-7-2)10-15(22)14-8-13(21)11-20(14)17(24)26-18(3,4)5/h3,5-8,14,16-17,22H,1,4,9-12H2,2H3;6,12-14,21H,1,7-11H2,2-5H3/t14-,16+,17+,21-;12-,13-,14+,19-/m11/s1. The van der Waals surface area contributed by atoms with Crippen LogP contribution in [0.5, 0.6) is 0 Å². The fourth-order valence-corrected chi connectivity index (χ4v) is 7.34.